The average molecular weight is 296 g/mol. The number of likely N-dealkylation sites (tertiary alicyclic amines) is 1. The summed E-state index contributed by atoms with van der Waals surface area (Å²) in [4.78, 5) is 25.6. The van der Waals surface area contributed by atoms with Crippen LogP contribution < -0.4 is 5.32 Å². The van der Waals surface area contributed by atoms with Gasteiger partial charge in [0.15, 0.2) is 0 Å². The Morgan fingerprint density at radius 2 is 1.81 bits per heavy atom. The Balaban J connectivity index is 2.34. The van der Waals surface area contributed by atoms with Crippen molar-refractivity contribution in [2.45, 2.75) is 78.2 Å². The molecule has 0 aromatic rings. The van der Waals surface area contributed by atoms with E-state index in [-0.39, 0.29) is 17.9 Å². The maximum absolute atomic E-state index is 12.6. The first kappa shape index (κ1) is 18.0. The van der Waals surface area contributed by atoms with Gasteiger partial charge in [0.25, 0.3) is 0 Å². The highest BCUT2D eigenvalue weighted by atomic mass is 16.2. The lowest BCUT2D eigenvalue weighted by atomic mass is 9.95. The van der Waals surface area contributed by atoms with Crippen LogP contribution in [-0.4, -0.2) is 35.8 Å². The van der Waals surface area contributed by atoms with Crippen molar-refractivity contribution in [2.24, 2.45) is 5.92 Å². The lowest BCUT2D eigenvalue weighted by molar-refractivity contribution is -0.137. The lowest BCUT2D eigenvalue weighted by Gasteiger charge is -2.34. The van der Waals surface area contributed by atoms with E-state index >= 15 is 0 Å². The van der Waals surface area contributed by atoms with Gasteiger partial charge in [0, 0.05) is 32.0 Å². The molecule has 1 N–H and O–H groups in total. The van der Waals surface area contributed by atoms with Crippen LogP contribution in [-0.2, 0) is 9.59 Å². The normalized spacial score (nSPS) is 17.6. The van der Waals surface area contributed by atoms with E-state index in [2.05, 4.69) is 19.2 Å². The van der Waals surface area contributed by atoms with Crippen LogP contribution in [0, 0.1) is 5.92 Å². The highest BCUT2D eigenvalue weighted by Crippen LogP contribution is 2.20. The third-order valence-electron chi connectivity index (χ3n) is 4.46. The molecular weight excluding hydrogens is 264 g/mol. The van der Waals surface area contributed by atoms with Crippen LogP contribution in [0.5, 0.6) is 0 Å². The van der Waals surface area contributed by atoms with Gasteiger partial charge >= 0.3 is 0 Å². The van der Waals surface area contributed by atoms with Gasteiger partial charge < -0.3 is 10.2 Å². The maximum Gasteiger partial charge on any atom is 0.225 e. The Morgan fingerprint density at radius 1 is 1.14 bits per heavy atom. The summed E-state index contributed by atoms with van der Waals surface area (Å²) in [5, 5.41) is 2.96. The topological polar surface area (TPSA) is 49.4 Å². The molecule has 2 amide bonds. The fourth-order valence-electron chi connectivity index (χ4n) is 3.11. The molecule has 1 saturated heterocycles. The van der Waals surface area contributed by atoms with Gasteiger partial charge in [-0.15, -0.1) is 0 Å². The molecule has 1 aliphatic rings. The van der Waals surface area contributed by atoms with Crippen LogP contribution in [0.25, 0.3) is 0 Å². The summed E-state index contributed by atoms with van der Waals surface area (Å²) < 4.78 is 0. The van der Waals surface area contributed by atoms with E-state index in [9.17, 15) is 9.59 Å². The molecule has 1 rings (SSSR count). The van der Waals surface area contributed by atoms with Crippen molar-refractivity contribution in [3.05, 3.63) is 0 Å². The Hall–Kier alpha value is -1.06. The van der Waals surface area contributed by atoms with Crippen molar-refractivity contribution in [1.82, 2.24) is 10.2 Å². The fourth-order valence-corrected chi connectivity index (χ4v) is 3.11. The number of amides is 2. The minimum Gasteiger partial charge on any atom is -0.353 e. The van der Waals surface area contributed by atoms with Gasteiger partial charge in [-0.1, -0.05) is 39.5 Å². The maximum atomic E-state index is 12.6. The number of hydrogen-bond donors (Lipinski definition) is 1. The largest absolute Gasteiger partial charge is 0.353 e. The molecule has 1 atom stereocenters. The van der Waals surface area contributed by atoms with Gasteiger partial charge in [-0.25, -0.2) is 0 Å². The number of carbonyl (C=O) groups is 2. The third-order valence-corrected chi connectivity index (χ3v) is 4.46. The molecule has 0 aromatic carbocycles. The van der Waals surface area contributed by atoms with E-state index in [1.165, 1.54) is 25.7 Å². The van der Waals surface area contributed by atoms with Crippen LogP contribution in [0.15, 0.2) is 0 Å². The summed E-state index contributed by atoms with van der Waals surface area (Å²) in [7, 11) is 0. The second-order valence-electron chi connectivity index (χ2n) is 6.25. The Morgan fingerprint density at radius 3 is 2.33 bits per heavy atom. The Bertz CT molecular complexity index is 323. The SMILES string of the molecule is CCCCCC[C@H](CC)C(=O)N1CCC(NC(C)=O)CC1. The van der Waals surface area contributed by atoms with Crippen molar-refractivity contribution in [3.63, 3.8) is 0 Å². The van der Waals surface area contributed by atoms with Gasteiger partial charge in [0.05, 0.1) is 0 Å². The van der Waals surface area contributed by atoms with E-state index in [1.54, 1.807) is 6.92 Å². The van der Waals surface area contributed by atoms with E-state index < -0.39 is 0 Å². The minimum absolute atomic E-state index is 0.0298. The van der Waals surface area contributed by atoms with Gasteiger partial charge in [0.1, 0.15) is 0 Å². The standard InChI is InChI=1S/C17H32N2O2/c1-4-6-7-8-9-15(5-2)17(21)19-12-10-16(11-13-19)18-14(3)20/h15-16H,4-13H2,1-3H3,(H,18,20)/t15-/m0/s1. The number of carbonyl (C=O) groups excluding carboxylic acids is 2. The summed E-state index contributed by atoms with van der Waals surface area (Å²) in [6.45, 7) is 7.46. The summed E-state index contributed by atoms with van der Waals surface area (Å²) in [6.07, 6.45) is 8.66. The molecule has 4 heteroatoms. The second kappa shape index (κ2) is 9.80. The zero-order valence-electron chi connectivity index (χ0n) is 14.0. The van der Waals surface area contributed by atoms with Gasteiger partial charge in [0.2, 0.25) is 11.8 Å². The Kier molecular flexibility index (Phi) is 8.40. The first-order valence-corrected chi connectivity index (χ1v) is 8.64. The number of piperidine rings is 1. The summed E-state index contributed by atoms with van der Waals surface area (Å²) in [5.74, 6) is 0.552. The molecule has 0 spiro atoms. The highest BCUT2D eigenvalue weighted by Gasteiger charge is 2.27. The van der Waals surface area contributed by atoms with Crippen LogP contribution in [0.2, 0.25) is 0 Å². The molecule has 0 bridgehead atoms. The lowest BCUT2D eigenvalue weighted by Crippen LogP contribution is -2.47. The number of unbranched alkanes of at least 4 members (excludes halogenated alkanes) is 3. The number of nitrogens with one attached hydrogen (secondary N) is 1. The monoisotopic (exact) mass is 296 g/mol. The first-order valence-electron chi connectivity index (χ1n) is 8.64. The van der Waals surface area contributed by atoms with E-state index in [0.29, 0.717) is 5.91 Å². The predicted molar refractivity (Wildman–Crippen MR) is 86.0 cm³/mol. The summed E-state index contributed by atoms with van der Waals surface area (Å²) in [6, 6.07) is 0.246. The number of rotatable bonds is 8. The van der Waals surface area contributed by atoms with Crippen LogP contribution in [0.1, 0.15) is 72.1 Å². The van der Waals surface area contributed by atoms with E-state index in [4.69, 9.17) is 0 Å². The fraction of sp³-hybridized carbons (Fsp3) is 0.882. The molecule has 0 aromatic heterocycles. The van der Waals surface area contributed by atoms with Gasteiger partial charge in [-0.3, -0.25) is 9.59 Å². The molecule has 1 heterocycles. The molecule has 4 nitrogen and oxygen atoms in total. The second-order valence-corrected chi connectivity index (χ2v) is 6.25. The predicted octanol–water partition coefficient (Wildman–Crippen LogP) is 3.11. The van der Waals surface area contributed by atoms with Crippen molar-refractivity contribution >= 4 is 11.8 Å². The van der Waals surface area contributed by atoms with Crippen molar-refractivity contribution in [3.8, 4) is 0 Å². The molecule has 0 saturated carbocycles. The molecule has 1 aliphatic heterocycles. The van der Waals surface area contributed by atoms with Crippen LogP contribution in [0.4, 0.5) is 0 Å². The molecule has 122 valence electrons. The number of hydrogen-bond acceptors (Lipinski definition) is 2. The summed E-state index contributed by atoms with van der Waals surface area (Å²) >= 11 is 0. The molecule has 0 aliphatic carbocycles. The number of nitrogens with zero attached hydrogens (tertiary/aromatic N) is 1. The molecule has 0 radical (unpaired) electrons. The minimum atomic E-state index is 0.0298. The quantitative estimate of drug-likeness (QED) is 0.700. The smallest absolute Gasteiger partial charge is 0.225 e. The van der Waals surface area contributed by atoms with Crippen molar-refractivity contribution < 1.29 is 9.59 Å². The van der Waals surface area contributed by atoms with Crippen molar-refractivity contribution in [2.75, 3.05) is 13.1 Å². The molecular formula is C17H32N2O2. The molecule has 1 fully saturated rings. The average Bonchev–Trinajstić information content (AvgIpc) is 2.47. The zero-order valence-corrected chi connectivity index (χ0v) is 14.0. The molecule has 21 heavy (non-hydrogen) atoms. The van der Waals surface area contributed by atoms with E-state index in [1.807, 2.05) is 4.90 Å². The first-order chi connectivity index (χ1) is 10.1. The zero-order chi connectivity index (χ0) is 15.7. The van der Waals surface area contributed by atoms with Gasteiger partial charge in [-0.05, 0) is 25.7 Å². The van der Waals surface area contributed by atoms with Crippen LogP contribution in [0.3, 0.4) is 0 Å². The Labute approximate surface area is 129 Å². The molecule has 0 unspecified atom stereocenters. The summed E-state index contributed by atoms with van der Waals surface area (Å²) in [5.41, 5.74) is 0. The third kappa shape index (κ3) is 6.49. The van der Waals surface area contributed by atoms with Crippen molar-refractivity contribution in [1.29, 1.82) is 0 Å². The van der Waals surface area contributed by atoms with E-state index in [0.717, 1.165) is 38.8 Å². The van der Waals surface area contributed by atoms with Crippen LogP contribution >= 0.6 is 0 Å². The highest BCUT2D eigenvalue weighted by molar-refractivity contribution is 5.79. The van der Waals surface area contributed by atoms with Gasteiger partial charge in [-0.2, -0.15) is 0 Å².